The first-order valence-corrected chi connectivity index (χ1v) is 11.3. The number of halogens is 4. The predicted molar refractivity (Wildman–Crippen MR) is 129 cm³/mol. The molecule has 1 aromatic heterocycles. The van der Waals surface area contributed by atoms with Crippen LogP contribution in [0.4, 0.5) is 18.9 Å². The van der Waals surface area contributed by atoms with Crippen LogP contribution in [0.5, 0.6) is 17.2 Å². The maximum Gasteiger partial charge on any atom is 0.229 e. The number of fused-ring (bicyclic) bond motifs is 1. The van der Waals surface area contributed by atoms with E-state index in [4.69, 9.17) is 27.6 Å². The summed E-state index contributed by atoms with van der Waals surface area (Å²) >= 11 is 5.67. The molecule has 1 heterocycles. The molecule has 182 valence electrons. The Kier molecular flexibility index (Phi) is 7.71. The lowest BCUT2D eigenvalue weighted by atomic mass is 10.0. The van der Waals surface area contributed by atoms with E-state index in [0.29, 0.717) is 28.5 Å². The highest BCUT2D eigenvalue weighted by Crippen LogP contribution is 2.37. The van der Waals surface area contributed by atoms with Gasteiger partial charge in [-0.2, -0.15) is 0 Å². The van der Waals surface area contributed by atoms with Crippen LogP contribution in [0.1, 0.15) is 11.1 Å². The van der Waals surface area contributed by atoms with Crippen LogP contribution >= 0.6 is 11.6 Å². The summed E-state index contributed by atoms with van der Waals surface area (Å²) in [7, 11) is 0. The van der Waals surface area contributed by atoms with E-state index in [1.165, 1.54) is 24.4 Å². The van der Waals surface area contributed by atoms with E-state index < -0.39 is 23.2 Å². The summed E-state index contributed by atoms with van der Waals surface area (Å²) in [5.74, 6) is -1.51. The topological polar surface area (TPSA) is 52.8 Å². The number of Topliss-reactive ketones (excluding diaryl/α,β-unsaturated/α-hetero) is 1. The summed E-state index contributed by atoms with van der Waals surface area (Å²) in [6.07, 6.45) is 0.964. The van der Waals surface area contributed by atoms with E-state index in [2.05, 4.69) is 9.83 Å². The number of rotatable bonds is 9. The molecular formula is C27H18ClF3N2O3. The highest BCUT2D eigenvalue weighted by atomic mass is 35.5. The zero-order chi connectivity index (χ0) is 25.7. The number of pyridine rings is 1. The lowest BCUT2D eigenvalue weighted by Crippen LogP contribution is -2.09. The number of hydrogen-bond acceptors (Lipinski definition) is 4. The molecule has 0 spiro atoms. The van der Waals surface area contributed by atoms with E-state index in [0.717, 1.165) is 12.1 Å². The first-order chi connectivity index (χ1) is 17.4. The molecule has 0 radical (unpaired) electrons. The molecule has 0 aliphatic carbocycles. The number of ether oxygens (including phenoxy) is 2. The number of carbonyl (C=O) groups is 1. The first kappa shape index (κ1) is 25.0. The molecule has 3 aromatic carbocycles. The zero-order valence-corrected chi connectivity index (χ0v) is 19.5. The third-order valence-corrected chi connectivity index (χ3v) is 5.43. The molecule has 0 aliphatic rings. The van der Waals surface area contributed by atoms with Gasteiger partial charge in [0, 0.05) is 36.6 Å². The Hall–Kier alpha value is -4.09. The van der Waals surface area contributed by atoms with E-state index in [1.54, 1.807) is 18.2 Å². The van der Waals surface area contributed by atoms with Crippen molar-refractivity contribution >= 4 is 34.0 Å². The van der Waals surface area contributed by atoms with Crippen LogP contribution in [-0.2, 0) is 17.6 Å². The predicted octanol–water partition coefficient (Wildman–Crippen LogP) is 6.97. The van der Waals surface area contributed by atoms with Crippen LogP contribution < -0.4 is 9.47 Å². The van der Waals surface area contributed by atoms with Gasteiger partial charge in [-0.1, -0.05) is 12.1 Å². The molecular weight excluding hydrogens is 493 g/mol. The van der Waals surface area contributed by atoms with Crippen LogP contribution in [0.15, 0.2) is 60.8 Å². The Balaban J connectivity index is 1.52. The van der Waals surface area contributed by atoms with Gasteiger partial charge < -0.3 is 9.47 Å². The molecule has 9 heteroatoms. The largest absolute Gasteiger partial charge is 0.503 e. The second kappa shape index (κ2) is 11.1. The molecule has 0 saturated carbocycles. The zero-order valence-electron chi connectivity index (χ0n) is 18.7. The van der Waals surface area contributed by atoms with Gasteiger partial charge in [-0.05, 0) is 41.5 Å². The van der Waals surface area contributed by atoms with Gasteiger partial charge in [0.1, 0.15) is 40.5 Å². The molecule has 4 rings (SSSR count). The van der Waals surface area contributed by atoms with E-state index in [1.807, 2.05) is 0 Å². The van der Waals surface area contributed by atoms with Crippen molar-refractivity contribution in [2.45, 2.75) is 12.8 Å². The van der Waals surface area contributed by atoms with Crippen LogP contribution in [0.25, 0.3) is 15.7 Å². The molecule has 0 unspecified atom stereocenters. The standard InChI is InChI=1S/C27H18ClF3N2O3/c1-32-25-14-21-24(15-27(25)35-9-7-28)33-8-6-26(21)36-20-5-3-17(23(31)13-20)11-19(34)10-16-2-4-18(29)12-22(16)30/h2-6,8,12-15H,7,9-11H2. The van der Waals surface area contributed by atoms with E-state index in [9.17, 15) is 18.0 Å². The van der Waals surface area contributed by atoms with Crippen molar-refractivity contribution in [2.75, 3.05) is 12.5 Å². The third kappa shape index (κ3) is 5.75. The average Bonchev–Trinajstić information content (AvgIpc) is 2.85. The first-order valence-electron chi connectivity index (χ1n) is 10.8. The minimum Gasteiger partial charge on any atom is -0.503 e. The van der Waals surface area contributed by atoms with Gasteiger partial charge in [0.25, 0.3) is 0 Å². The van der Waals surface area contributed by atoms with Crippen molar-refractivity contribution < 1.29 is 27.4 Å². The normalized spacial score (nSPS) is 10.8. The van der Waals surface area contributed by atoms with Crippen molar-refractivity contribution in [1.29, 1.82) is 0 Å². The van der Waals surface area contributed by atoms with Crippen molar-refractivity contribution in [2.24, 2.45) is 0 Å². The lowest BCUT2D eigenvalue weighted by Gasteiger charge is -2.12. The number of ketones is 1. The lowest BCUT2D eigenvalue weighted by molar-refractivity contribution is -0.117. The van der Waals surface area contributed by atoms with Gasteiger partial charge in [0.05, 0.1) is 24.6 Å². The highest BCUT2D eigenvalue weighted by Gasteiger charge is 2.15. The number of benzene rings is 3. The Morgan fingerprint density at radius 2 is 1.67 bits per heavy atom. The van der Waals surface area contributed by atoms with Crippen LogP contribution in [-0.4, -0.2) is 23.3 Å². The second-order valence-electron chi connectivity index (χ2n) is 7.78. The quantitative estimate of drug-likeness (QED) is 0.180. The Bertz CT molecular complexity index is 1490. The Labute approximate surface area is 209 Å². The van der Waals surface area contributed by atoms with Crippen molar-refractivity contribution in [3.8, 4) is 17.2 Å². The minimum absolute atomic E-state index is 0.0429. The molecule has 0 bridgehead atoms. The fourth-order valence-electron chi connectivity index (χ4n) is 3.59. The number of alkyl halides is 1. The van der Waals surface area contributed by atoms with Gasteiger partial charge >= 0.3 is 0 Å². The van der Waals surface area contributed by atoms with E-state index >= 15 is 0 Å². The van der Waals surface area contributed by atoms with Crippen LogP contribution in [0.3, 0.4) is 0 Å². The van der Waals surface area contributed by atoms with Crippen molar-refractivity contribution in [1.82, 2.24) is 4.98 Å². The highest BCUT2D eigenvalue weighted by molar-refractivity contribution is 6.18. The number of nitrogens with zero attached hydrogens (tertiary/aromatic N) is 2. The fraction of sp³-hybridized carbons (Fsp3) is 0.148. The molecule has 0 amide bonds. The van der Waals surface area contributed by atoms with Gasteiger partial charge in [0.2, 0.25) is 5.69 Å². The van der Waals surface area contributed by atoms with Gasteiger partial charge in [0.15, 0.2) is 0 Å². The number of hydrogen-bond donors (Lipinski definition) is 0. The molecule has 5 nitrogen and oxygen atoms in total. The van der Waals surface area contributed by atoms with Crippen molar-refractivity contribution in [3.05, 3.63) is 101 Å². The minimum atomic E-state index is -0.823. The summed E-state index contributed by atoms with van der Waals surface area (Å²) in [6, 6.07) is 11.8. The van der Waals surface area contributed by atoms with E-state index in [-0.39, 0.29) is 47.9 Å². The Morgan fingerprint density at radius 1 is 0.944 bits per heavy atom. The summed E-state index contributed by atoms with van der Waals surface area (Å²) < 4.78 is 53.0. The maximum absolute atomic E-state index is 14.8. The molecule has 0 aliphatic heterocycles. The van der Waals surface area contributed by atoms with Crippen molar-refractivity contribution in [3.63, 3.8) is 0 Å². The molecule has 0 N–H and O–H groups in total. The Morgan fingerprint density at radius 3 is 2.33 bits per heavy atom. The summed E-state index contributed by atoms with van der Waals surface area (Å²) in [5.41, 5.74) is 0.926. The number of aromatic nitrogens is 1. The maximum atomic E-state index is 14.8. The average molecular weight is 511 g/mol. The molecule has 4 aromatic rings. The monoisotopic (exact) mass is 510 g/mol. The van der Waals surface area contributed by atoms with Crippen LogP contribution in [0.2, 0.25) is 0 Å². The molecule has 36 heavy (non-hydrogen) atoms. The number of carbonyl (C=O) groups excluding carboxylic acids is 1. The van der Waals surface area contributed by atoms with Gasteiger partial charge in [-0.15, -0.1) is 11.6 Å². The third-order valence-electron chi connectivity index (χ3n) is 5.28. The smallest absolute Gasteiger partial charge is 0.229 e. The SMILES string of the molecule is [C-]#[N+]c1cc2c(Oc3ccc(CC(=O)Cc4ccc(F)cc4F)c(F)c3)ccnc2cc1OCCCl. The molecule has 0 atom stereocenters. The molecule has 0 fully saturated rings. The van der Waals surface area contributed by atoms with Crippen LogP contribution in [0, 0.1) is 24.0 Å². The van der Waals surface area contributed by atoms with Gasteiger partial charge in [-0.3, -0.25) is 9.78 Å². The summed E-state index contributed by atoms with van der Waals surface area (Å²) in [4.78, 5) is 20.1. The summed E-state index contributed by atoms with van der Waals surface area (Å²) in [6.45, 7) is 7.66. The molecule has 0 saturated heterocycles. The summed E-state index contributed by atoms with van der Waals surface area (Å²) in [5, 5.41) is 0.530. The fourth-order valence-corrected chi connectivity index (χ4v) is 3.67. The van der Waals surface area contributed by atoms with Gasteiger partial charge in [-0.25, -0.2) is 18.0 Å². The second-order valence-corrected chi connectivity index (χ2v) is 8.16.